The normalized spacial score (nSPS) is 9.67. The van der Waals surface area contributed by atoms with Gasteiger partial charge in [0.2, 0.25) is 0 Å². The van der Waals surface area contributed by atoms with Crippen molar-refractivity contribution >= 4 is 17.6 Å². The topological polar surface area (TPSA) is 94.0 Å². The molecule has 0 aliphatic rings. The Kier molecular flexibility index (Phi) is 5.86. The van der Waals surface area contributed by atoms with E-state index in [2.05, 4.69) is 16.0 Å². The van der Waals surface area contributed by atoms with Crippen LogP contribution < -0.4 is 16.0 Å². The van der Waals surface area contributed by atoms with Crippen LogP contribution in [0.15, 0.2) is 48.5 Å². The second kappa shape index (κ2) is 8.29. The molecule has 0 bridgehead atoms. The van der Waals surface area contributed by atoms with Crippen molar-refractivity contribution < 1.29 is 14.0 Å². The molecule has 122 valence electrons. The SMILES string of the molecule is N#Cc1cc(F)ccc1NC(=O)NCCNC(=O)c1ccccc1. The van der Waals surface area contributed by atoms with Gasteiger partial charge in [-0.2, -0.15) is 5.26 Å². The molecule has 0 atom stereocenters. The summed E-state index contributed by atoms with van der Waals surface area (Å²) in [4.78, 5) is 23.5. The molecule has 2 aromatic carbocycles. The quantitative estimate of drug-likeness (QED) is 0.736. The van der Waals surface area contributed by atoms with Crippen LogP contribution in [0.2, 0.25) is 0 Å². The lowest BCUT2D eigenvalue weighted by atomic mass is 10.2. The van der Waals surface area contributed by atoms with Gasteiger partial charge in [-0.05, 0) is 30.3 Å². The minimum Gasteiger partial charge on any atom is -0.350 e. The van der Waals surface area contributed by atoms with Crippen LogP contribution in [0.25, 0.3) is 0 Å². The number of nitriles is 1. The molecule has 0 spiro atoms. The summed E-state index contributed by atoms with van der Waals surface area (Å²) < 4.78 is 13.0. The first-order chi connectivity index (χ1) is 11.6. The van der Waals surface area contributed by atoms with Crippen molar-refractivity contribution in [1.82, 2.24) is 10.6 Å². The fourth-order valence-corrected chi connectivity index (χ4v) is 1.93. The van der Waals surface area contributed by atoms with E-state index in [1.54, 1.807) is 30.3 Å². The first-order valence-corrected chi connectivity index (χ1v) is 7.18. The fraction of sp³-hybridized carbons (Fsp3) is 0.118. The predicted octanol–water partition coefficient (Wildman–Crippen LogP) is 2.25. The molecule has 3 amide bonds. The molecule has 3 N–H and O–H groups in total. The first-order valence-electron chi connectivity index (χ1n) is 7.18. The van der Waals surface area contributed by atoms with E-state index in [1.165, 1.54) is 6.07 Å². The van der Waals surface area contributed by atoms with E-state index >= 15 is 0 Å². The standard InChI is InChI=1S/C17H15FN4O2/c18-14-6-7-15(13(10-14)11-19)22-17(24)21-9-8-20-16(23)12-4-2-1-3-5-12/h1-7,10H,8-9H2,(H,20,23)(H2,21,22,24). The first kappa shape index (κ1) is 17.0. The van der Waals surface area contributed by atoms with Gasteiger partial charge >= 0.3 is 6.03 Å². The van der Waals surface area contributed by atoms with Gasteiger partial charge in [0.25, 0.3) is 5.91 Å². The summed E-state index contributed by atoms with van der Waals surface area (Å²) in [5.41, 5.74) is 0.777. The Morgan fingerprint density at radius 3 is 2.46 bits per heavy atom. The lowest BCUT2D eigenvalue weighted by Gasteiger charge is -2.09. The number of amides is 3. The van der Waals surface area contributed by atoms with Crippen molar-refractivity contribution in [1.29, 1.82) is 5.26 Å². The molecule has 7 heteroatoms. The van der Waals surface area contributed by atoms with Gasteiger partial charge in [0.1, 0.15) is 11.9 Å². The molecule has 0 saturated carbocycles. The number of carbonyl (C=O) groups excluding carboxylic acids is 2. The number of benzene rings is 2. The third-order valence-electron chi connectivity index (χ3n) is 3.08. The molecule has 0 aromatic heterocycles. The van der Waals surface area contributed by atoms with E-state index < -0.39 is 11.8 Å². The highest BCUT2D eigenvalue weighted by molar-refractivity contribution is 5.94. The largest absolute Gasteiger partial charge is 0.350 e. The van der Waals surface area contributed by atoms with Gasteiger partial charge in [-0.25, -0.2) is 9.18 Å². The van der Waals surface area contributed by atoms with E-state index in [1.807, 2.05) is 6.07 Å². The number of nitrogens with zero attached hydrogens (tertiary/aromatic N) is 1. The van der Waals surface area contributed by atoms with E-state index in [0.29, 0.717) is 5.56 Å². The Morgan fingerprint density at radius 1 is 1.04 bits per heavy atom. The Balaban J connectivity index is 1.76. The molecule has 0 fully saturated rings. The number of anilines is 1. The third kappa shape index (κ3) is 4.81. The molecule has 0 radical (unpaired) electrons. The number of rotatable bonds is 5. The molecular weight excluding hydrogens is 311 g/mol. The second-order valence-electron chi connectivity index (χ2n) is 4.80. The van der Waals surface area contributed by atoms with Crippen LogP contribution in [-0.4, -0.2) is 25.0 Å². The highest BCUT2D eigenvalue weighted by Crippen LogP contribution is 2.15. The summed E-state index contributed by atoms with van der Waals surface area (Å²) in [7, 11) is 0. The highest BCUT2D eigenvalue weighted by Gasteiger charge is 2.08. The molecule has 2 aromatic rings. The van der Waals surface area contributed by atoms with Gasteiger partial charge in [0.05, 0.1) is 11.3 Å². The fourth-order valence-electron chi connectivity index (χ4n) is 1.93. The minimum absolute atomic E-state index is 0.0301. The van der Waals surface area contributed by atoms with Crippen LogP contribution in [0.4, 0.5) is 14.9 Å². The summed E-state index contributed by atoms with van der Waals surface area (Å²) in [5, 5.41) is 16.6. The minimum atomic E-state index is -0.555. The molecule has 0 heterocycles. The van der Waals surface area contributed by atoms with Crippen LogP contribution >= 0.6 is 0 Å². The summed E-state index contributed by atoms with van der Waals surface area (Å²) in [5.74, 6) is -0.788. The van der Waals surface area contributed by atoms with Gasteiger partial charge in [0, 0.05) is 18.7 Å². The maximum atomic E-state index is 13.0. The van der Waals surface area contributed by atoms with E-state index in [-0.39, 0.29) is 30.2 Å². The lowest BCUT2D eigenvalue weighted by Crippen LogP contribution is -2.36. The number of carbonyl (C=O) groups is 2. The molecule has 24 heavy (non-hydrogen) atoms. The lowest BCUT2D eigenvalue weighted by molar-refractivity contribution is 0.0954. The average molecular weight is 326 g/mol. The summed E-state index contributed by atoms with van der Waals surface area (Å²) in [6.07, 6.45) is 0. The maximum Gasteiger partial charge on any atom is 0.319 e. The summed E-state index contributed by atoms with van der Waals surface area (Å²) in [6.45, 7) is 0.448. The van der Waals surface area contributed by atoms with E-state index in [4.69, 9.17) is 5.26 Å². The van der Waals surface area contributed by atoms with Gasteiger partial charge in [0.15, 0.2) is 0 Å². The Bertz CT molecular complexity index is 772. The molecule has 6 nitrogen and oxygen atoms in total. The summed E-state index contributed by atoms with van der Waals surface area (Å²) in [6, 6.07) is 13.5. The molecular formula is C17H15FN4O2. The van der Waals surface area contributed by atoms with Crippen molar-refractivity contribution in [3.05, 3.63) is 65.5 Å². The predicted molar refractivity (Wildman–Crippen MR) is 86.9 cm³/mol. The molecule has 0 aliphatic carbocycles. The van der Waals surface area contributed by atoms with Crippen molar-refractivity contribution in [3.63, 3.8) is 0 Å². The zero-order valence-electron chi connectivity index (χ0n) is 12.7. The molecule has 2 rings (SSSR count). The second-order valence-corrected chi connectivity index (χ2v) is 4.80. The van der Waals surface area contributed by atoms with Crippen molar-refractivity contribution in [2.24, 2.45) is 0 Å². The number of hydrogen-bond acceptors (Lipinski definition) is 3. The maximum absolute atomic E-state index is 13.0. The number of hydrogen-bond donors (Lipinski definition) is 3. The summed E-state index contributed by atoms with van der Waals surface area (Å²) >= 11 is 0. The van der Waals surface area contributed by atoms with E-state index in [9.17, 15) is 14.0 Å². The monoisotopic (exact) mass is 326 g/mol. The van der Waals surface area contributed by atoms with Crippen molar-refractivity contribution in [2.75, 3.05) is 18.4 Å². The van der Waals surface area contributed by atoms with Gasteiger partial charge < -0.3 is 16.0 Å². The zero-order valence-corrected chi connectivity index (χ0v) is 12.7. The number of urea groups is 1. The Morgan fingerprint density at radius 2 is 1.75 bits per heavy atom. The third-order valence-corrected chi connectivity index (χ3v) is 3.08. The van der Waals surface area contributed by atoms with Crippen molar-refractivity contribution in [2.45, 2.75) is 0 Å². The van der Waals surface area contributed by atoms with E-state index in [0.717, 1.165) is 12.1 Å². The van der Waals surface area contributed by atoms with Crippen LogP contribution in [-0.2, 0) is 0 Å². The highest BCUT2D eigenvalue weighted by atomic mass is 19.1. The average Bonchev–Trinajstić information content (AvgIpc) is 2.60. The van der Waals surface area contributed by atoms with Gasteiger partial charge in [-0.15, -0.1) is 0 Å². The smallest absolute Gasteiger partial charge is 0.319 e. The molecule has 0 aliphatic heterocycles. The zero-order chi connectivity index (χ0) is 17.4. The number of nitrogens with one attached hydrogen (secondary N) is 3. The Hall–Kier alpha value is -3.40. The van der Waals surface area contributed by atoms with Crippen LogP contribution in [0.3, 0.4) is 0 Å². The number of halogens is 1. The van der Waals surface area contributed by atoms with Crippen LogP contribution in [0, 0.1) is 17.1 Å². The van der Waals surface area contributed by atoms with Crippen LogP contribution in [0.5, 0.6) is 0 Å². The van der Waals surface area contributed by atoms with Crippen LogP contribution in [0.1, 0.15) is 15.9 Å². The molecule has 0 saturated heterocycles. The van der Waals surface area contributed by atoms with Gasteiger partial charge in [-0.3, -0.25) is 4.79 Å². The van der Waals surface area contributed by atoms with Crippen molar-refractivity contribution in [3.8, 4) is 6.07 Å². The molecule has 0 unspecified atom stereocenters. The van der Waals surface area contributed by atoms with Gasteiger partial charge in [-0.1, -0.05) is 18.2 Å². The Labute approximate surface area is 138 Å².